The first-order valence-corrected chi connectivity index (χ1v) is 6.43. The molecule has 8 heteroatoms. The van der Waals surface area contributed by atoms with E-state index in [1.165, 1.54) is 14.1 Å². The molecule has 0 bridgehead atoms. The number of likely N-dealkylation sites (N-methyl/N-ethyl adjacent to an activating group) is 2. The van der Waals surface area contributed by atoms with E-state index in [-0.39, 0.29) is 17.3 Å². The largest absolute Gasteiger partial charge is 0.358 e. The predicted molar refractivity (Wildman–Crippen MR) is 61.9 cm³/mol. The van der Waals surface area contributed by atoms with Crippen molar-refractivity contribution in [1.29, 1.82) is 0 Å². The molecule has 17 heavy (non-hydrogen) atoms. The molecule has 0 aromatic carbocycles. The van der Waals surface area contributed by atoms with Crippen molar-refractivity contribution < 1.29 is 13.2 Å². The monoisotopic (exact) mass is 260 g/mol. The van der Waals surface area contributed by atoms with E-state index in [4.69, 9.17) is 0 Å². The Balaban J connectivity index is 3.08. The van der Waals surface area contributed by atoms with Crippen molar-refractivity contribution >= 4 is 15.9 Å². The van der Waals surface area contributed by atoms with Crippen molar-refractivity contribution in [3.8, 4) is 0 Å². The van der Waals surface area contributed by atoms with E-state index < -0.39 is 10.0 Å². The summed E-state index contributed by atoms with van der Waals surface area (Å²) >= 11 is 0. The summed E-state index contributed by atoms with van der Waals surface area (Å²) in [4.78, 5) is 11.3. The summed E-state index contributed by atoms with van der Waals surface area (Å²) in [6.07, 6.45) is 0. The molecule has 0 aliphatic rings. The molecule has 0 fully saturated rings. The van der Waals surface area contributed by atoms with Crippen LogP contribution in [0.3, 0.4) is 0 Å². The first kappa shape index (κ1) is 13.7. The van der Waals surface area contributed by atoms with Gasteiger partial charge in [-0.15, -0.1) is 0 Å². The summed E-state index contributed by atoms with van der Waals surface area (Å²) in [5, 5.41) is 8.82. The molecule has 0 aliphatic carbocycles. The SMILES string of the molecule is CNC(=O)CN(C)S(=O)(=O)c1c(C)n[nH]c1C. The molecule has 1 aromatic rings. The second-order valence-corrected chi connectivity index (χ2v) is 5.68. The van der Waals surface area contributed by atoms with Crippen LogP contribution in [0.2, 0.25) is 0 Å². The molecule has 1 rings (SSSR count). The number of aryl methyl sites for hydroxylation is 2. The Bertz CT molecular complexity index is 501. The number of aromatic amines is 1. The number of sulfonamides is 1. The summed E-state index contributed by atoms with van der Waals surface area (Å²) in [5.41, 5.74) is 0.859. The maximum Gasteiger partial charge on any atom is 0.246 e. The van der Waals surface area contributed by atoms with Crippen LogP contribution >= 0.6 is 0 Å². The van der Waals surface area contributed by atoms with Gasteiger partial charge in [-0.25, -0.2) is 8.42 Å². The number of carbonyl (C=O) groups excluding carboxylic acids is 1. The third-order valence-corrected chi connectivity index (χ3v) is 4.44. The normalized spacial score (nSPS) is 11.8. The third kappa shape index (κ3) is 2.64. The number of nitrogens with zero attached hydrogens (tertiary/aromatic N) is 2. The molecule has 0 radical (unpaired) electrons. The molecular formula is C9H16N4O3S. The number of hydrogen-bond donors (Lipinski definition) is 2. The van der Waals surface area contributed by atoms with Gasteiger partial charge in [-0.1, -0.05) is 0 Å². The number of hydrogen-bond acceptors (Lipinski definition) is 4. The lowest BCUT2D eigenvalue weighted by Crippen LogP contribution is -2.37. The molecule has 1 heterocycles. The second-order valence-electron chi connectivity index (χ2n) is 3.70. The average molecular weight is 260 g/mol. The van der Waals surface area contributed by atoms with Crippen molar-refractivity contribution in [2.75, 3.05) is 20.6 Å². The first-order valence-electron chi connectivity index (χ1n) is 4.99. The van der Waals surface area contributed by atoms with E-state index in [0.29, 0.717) is 11.4 Å². The van der Waals surface area contributed by atoms with E-state index in [1.807, 2.05) is 0 Å². The molecule has 0 unspecified atom stereocenters. The van der Waals surface area contributed by atoms with Gasteiger partial charge < -0.3 is 5.32 Å². The van der Waals surface area contributed by atoms with Crippen molar-refractivity contribution in [1.82, 2.24) is 19.8 Å². The van der Waals surface area contributed by atoms with Crippen LogP contribution < -0.4 is 5.32 Å². The lowest BCUT2D eigenvalue weighted by molar-refractivity contribution is -0.120. The zero-order chi connectivity index (χ0) is 13.2. The van der Waals surface area contributed by atoms with Crippen molar-refractivity contribution in [2.45, 2.75) is 18.7 Å². The fourth-order valence-electron chi connectivity index (χ4n) is 1.44. The van der Waals surface area contributed by atoms with Crippen LogP contribution in [0.1, 0.15) is 11.4 Å². The highest BCUT2D eigenvalue weighted by atomic mass is 32.2. The van der Waals surface area contributed by atoms with E-state index >= 15 is 0 Å². The Labute approximate surface area is 100 Å². The quantitative estimate of drug-likeness (QED) is 0.755. The molecular weight excluding hydrogens is 244 g/mol. The average Bonchev–Trinajstić information content (AvgIpc) is 2.58. The van der Waals surface area contributed by atoms with Crippen LogP contribution in [0.4, 0.5) is 0 Å². The van der Waals surface area contributed by atoms with Crippen molar-refractivity contribution in [2.24, 2.45) is 0 Å². The minimum atomic E-state index is -3.68. The number of carbonyl (C=O) groups is 1. The highest BCUT2D eigenvalue weighted by Gasteiger charge is 2.27. The van der Waals surface area contributed by atoms with Crippen LogP contribution in [-0.4, -0.2) is 49.5 Å². The third-order valence-electron chi connectivity index (χ3n) is 2.37. The summed E-state index contributed by atoms with van der Waals surface area (Å²) in [6, 6.07) is 0. The Morgan fingerprint density at radius 3 is 2.47 bits per heavy atom. The van der Waals surface area contributed by atoms with Gasteiger partial charge in [0.15, 0.2) is 0 Å². The highest BCUT2D eigenvalue weighted by Crippen LogP contribution is 2.20. The van der Waals surface area contributed by atoms with Crippen LogP contribution in [0, 0.1) is 13.8 Å². The predicted octanol–water partition coefficient (Wildman–Crippen LogP) is -0.607. The molecule has 7 nitrogen and oxygen atoms in total. The first-order chi connectivity index (χ1) is 7.80. The van der Waals surface area contributed by atoms with Gasteiger partial charge in [0.05, 0.1) is 17.9 Å². The van der Waals surface area contributed by atoms with Crippen LogP contribution in [-0.2, 0) is 14.8 Å². The van der Waals surface area contributed by atoms with Crippen molar-refractivity contribution in [3.63, 3.8) is 0 Å². The molecule has 0 atom stereocenters. The molecule has 1 amide bonds. The highest BCUT2D eigenvalue weighted by molar-refractivity contribution is 7.89. The van der Waals surface area contributed by atoms with Gasteiger partial charge in [-0.2, -0.15) is 9.40 Å². The number of aromatic nitrogens is 2. The number of H-pyrrole nitrogens is 1. The van der Waals surface area contributed by atoms with Crippen LogP contribution in [0.25, 0.3) is 0 Å². The fraction of sp³-hybridized carbons (Fsp3) is 0.556. The molecule has 2 N–H and O–H groups in total. The zero-order valence-electron chi connectivity index (χ0n) is 10.2. The van der Waals surface area contributed by atoms with Gasteiger partial charge in [0.2, 0.25) is 15.9 Å². The standard InChI is InChI=1S/C9H16N4O3S/c1-6-9(7(2)12-11-6)17(15,16)13(4)5-8(14)10-3/h5H2,1-4H3,(H,10,14)(H,11,12). The number of rotatable bonds is 4. The van der Waals surface area contributed by atoms with Crippen LogP contribution in [0.5, 0.6) is 0 Å². The minimum absolute atomic E-state index is 0.129. The maximum absolute atomic E-state index is 12.2. The Morgan fingerprint density at radius 1 is 1.47 bits per heavy atom. The second kappa shape index (κ2) is 4.84. The van der Waals surface area contributed by atoms with Gasteiger partial charge in [-0.05, 0) is 13.8 Å². The topological polar surface area (TPSA) is 95.2 Å². The Hall–Kier alpha value is -1.41. The van der Waals surface area contributed by atoms with Gasteiger partial charge in [0, 0.05) is 14.1 Å². The summed E-state index contributed by atoms with van der Waals surface area (Å²) in [5.74, 6) is -0.366. The summed E-state index contributed by atoms with van der Waals surface area (Å²) < 4.78 is 25.3. The molecule has 0 saturated carbocycles. The molecule has 96 valence electrons. The smallest absolute Gasteiger partial charge is 0.246 e. The summed E-state index contributed by atoms with van der Waals surface area (Å²) in [7, 11) is -0.870. The van der Waals surface area contributed by atoms with Gasteiger partial charge >= 0.3 is 0 Å². The van der Waals surface area contributed by atoms with Gasteiger partial charge in [-0.3, -0.25) is 9.89 Å². The van der Waals surface area contributed by atoms with Gasteiger partial charge in [0.25, 0.3) is 0 Å². The maximum atomic E-state index is 12.2. The minimum Gasteiger partial charge on any atom is -0.358 e. The Kier molecular flexibility index (Phi) is 3.89. The van der Waals surface area contributed by atoms with E-state index in [1.54, 1.807) is 13.8 Å². The summed E-state index contributed by atoms with van der Waals surface area (Å²) in [6.45, 7) is 3.01. The number of amides is 1. The molecule has 0 aliphatic heterocycles. The Morgan fingerprint density at radius 2 is 2.06 bits per heavy atom. The fourth-order valence-corrected chi connectivity index (χ4v) is 2.89. The van der Waals surface area contributed by atoms with Gasteiger partial charge in [0.1, 0.15) is 4.90 Å². The molecule has 0 spiro atoms. The van der Waals surface area contributed by atoms with E-state index in [2.05, 4.69) is 15.5 Å². The zero-order valence-corrected chi connectivity index (χ0v) is 11.1. The van der Waals surface area contributed by atoms with Crippen LogP contribution in [0.15, 0.2) is 4.90 Å². The lowest BCUT2D eigenvalue weighted by Gasteiger charge is -2.16. The van der Waals surface area contributed by atoms with Crippen molar-refractivity contribution in [3.05, 3.63) is 11.4 Å². The lowest BCUT2D eigenvalue weighted by atomic mass is 10.4. The molecule has 0 saturated heterocycles. The number of nitrogens with one attached hydrogen (secondary N) is 2. The van der Waals surface area contributed by atoms with E-state index in [0.717, 1.165) is 4.31 Å². The molecule has 1 aromatic heterocycles. The van der Waals surface area contributed by atoms with E-state index in [9.17, 15) is 13.2 Å².